The largest absolute Gasteiger partial charge is 0.478 e. The van der Waals surface area contributed by atoms with Gasteiger partial charge in [0.2, 0.25) is 0 Å². The Kier molecular flexibility index (Phi) is 3.50. The van der Waals surface area contributed by atoms with Crippen LogP contribution < -0.4 is 5.32 Å². The van der Waals surface area contributed by atoms with Gasteiger partial charge in [-0.3, -0.25) is 10.1 Å². The number of fused-ring (bicyclic) bond motifs is 7. The summed E-state index contributed by atoms with van der Waals surface area (Å²) >= 11 is 0. The first-order valence-corrected chi connectivity index (χ1v) is 9.41. The number of benzene rings is 2. The first-order valence-electron chi connectivity index (χ1n) is 9.41. The van der Waals surface area contributed by atoms with Gasteiger partial charge in [0.1, 0.15) is 0 Å². The number of carboxylic acids is 1. The Morgan fingerprint density at radius 1 is 1.11 bits per heavy atom. The molecule has 1 heterocycles. The van der Waals surface area contributed by atoms with Crippen LogP contribution >= 0.6 is 0 Å². The van der Waals surface area contributed by atoms with E-state index in [-0.39, 0.29) is 22.2 Å². The summed E-state index contributed by atoms with van der Waals surface area (Å²) in [5, 5.41) is 24.0. The van der Waals surface area contributed by atoms with Gasteiger partial charge in [-0.1, -0.05) is 12.1 Å². The van der Waals surface area contributed by atoms with Crippen LogP contribution in [0.1, 0.15) is 52.7 Å². The fourth-order valence-electron chi connectivity index (χ4n) is 5.75. The number of anilines is 1. The van der Waals surface area contributed by atoms with Crippen molar-refractivity contribution in [1.82, 2.24) is 0 Å². The van der Waals surface area contributed by atoms with E-state index >= 15 is 0 Å². The molecule has 2 aromatic carbocycles. The van der Waals surface area contributed by atoms with Gasteiger partial charge in [0.05, 0.1) is 16.5 Å². The van der Waals surface area contributed by atoms with Crippen LogP contribution in [0.25, 0.3) is 0 Å². The van der Waals surface area contributed by atoms with Crippen molar-refractivity contribution in [3.8, 4) is 0 Å². The van der Waals surface area contributed by atoms with E-state index in [0.29, 0.717) is 23.7 Å². The number of aromatic carboxylic acids is 1. The summed E-state index contributed by atoms with van der Waals surface area (Å²) in [7, 11) is 0. The quantitative estimate of drug-likeness (QED) is 0.614. The normalized spacial score (nSPS) is 30.3. The minimum absolute atomic E-state index is 0.113. The standard InChI is InChI=1S/C21H20N2O4/c24-21(25)12-3-1-11(2-4-12)20-19-14-6-5-13(9-14)18(19)16-10-15(23(26)27)7-8-17(16)22-20/h1-4,7-8,10,13-14,18-20,22H,5-6,9H2,(H,24,25)/t13-,14-,18+,19-,20-/m0/s1. The molecule has 5 rings (SSSR count). The Hall–Kier alpha value is -2.89. The summed E-state index contributed by atoms with van der Waals surface area (Å²) in [4.78, 5) is 22.1. The minimum Gasteiger partial charge on any atom is -0.478 e. The number of carboxylic acid groups (broad SMARTS) is 1. The number of nitrogens with zero attached hydrogens (tertiary/aromatic N) is 1. The maximum atomic E-state index is 11.2. The summed E-state index contributed by atoms with van der Waals surface area (Å²) < 4.78 is 0. The lowest BCUT2D eigenvalue weighted by molar-refractivity contribution is -0.384. The van der Waals surface area contributed by atoms with Gasteiger partial charge < -0.3 is 10.4 Å². The fraction of sp³-hybridized carbons (Fsp3) is 0.381. The van der Waals surface area contributed by atoms with E-state index in [1.54, 1.807) is 24.3 Å². The predicted molar refractivity (Wildman–Crippen MR) is 99.9 cm³/mol. The van der Waals surface area contributed by atoms with Crippen LogP contribution in [-0.2, 0) is 0 Å². The SMILES string of the molecule is O=C(O)c1ccc([C@@H]2Nc3ccc([N+](=O)[O-])cc3[C@H]3[C@H]4CC[C@@H](C4)[C@@H]32)cc1. The number of nitro benzene ring substituents is 1. The Labute approximate surface area is 156 Å². The van der Waals surface area contributed by atoms with Gasteiger partial charge in [0.15, 0.2) is 0 Å². The molecule has 0 amide bonds. The topological polar surface area (TPSA) is 92.5 Å². The molecule has 27 heavy (non-hydrogen) atoms. The molecule has 2 bridgehead atoms. The van der Waals surface area contributed by atoms with E-state index in [0.717, 1.165) is 16.8 Å². The highest BCUT2D eigenvalue weighted by molar-refractivity contribution is 5.87. The summed E-state index contributed by atoms with van der Waals surface area (Å²) in [6, 6.07) is 12.4. The van der Waals surface area contributed by atoms with E-state index in [9.17, 15) is 14.9 Å². The molecule has 0 radical (unpaired) electrons. The molecular formula is C21H20N2O4. The van der Waals surface area contributed by atoms with Gasteiger partial charge >= 0.3 is 5.97 Å². The third kappa shape index (κ3) is 2.43. The number of non-ortho nitro benzene ring substituents is 1. The molecular weight excluding hydrogens is 344 g/mol. The molecule has 2 aromatic rings. The van der Waals surface area contributed by atoms with E-state index in [2.05, 4.69) is 5.32 Å². The summed E-state index contributed by atoms with van der Waals surface area (Å²) in [5.41, 5.74) is 3.59. The number of hydrogen-bond acceptors (Lipinski definition) is 4. The van der Waals surface area contributed by atoms with Gasteiger partial charge in [0, 0.05) is 17.8 Å². The molecule has 2 fully saturated rings. The maximum absolute atomic E-state index is 11.2. The second kappa shape index (κ2) is 5.81. The Bertz CT molecular complexity index is 940. The highest BCUT2D eigenvalue weighted by atomic mass is 16.6. The van der Waals surface area contributed by atoms with Crippen LogP contribution in [0.15, 0.2) is 42.5 Å². The lowest BCUT2D eigenvalue weighted by Gasteiger charge is -2.43. The first-order chi connectivity index (χ1) is 13.0. The van der Waals surface area contributed by atoms with Crippen LogP contribution in [-0.4, -0.2) is 16.0 Å². The average Bonchev–Trinajstić information content (AvgIpc) is 3.29. The molecule has 6 heteroatoms. The summed E-state index contributed by atoms with van der Waals surface area (Å²) in [5.74, 6) is 1.01. The molecule has 6 nitrogen and oxygen atoms in total. The van der Waals surface area contributed by atoms with Crippen LogP contribution in [0.5, 0.6) is 0 Å². The molecule has 0 saturated heterocycles. The second-order valence-electron chi connectivity index (χ2n) is 8.01. The smallest absolute Gasteiger partial charge is 0.335 e. The average molecular weight is 364 g/mol. The lowest BCUT2D eigenvalue weighted by Crippen LogP contribution is -2.35. The third-order valence-electron chi connectivity index (χ3n) is 6.80. The van der Waals surface area contributed by atoms with Crippen molar-refractivity contribution >= 4 is 17.3 Å². The van der Waals surface area contributed by atoms with E-state index < -0.39 is 5.97 Å². The molecule has 2 saturated carbocycles. The van der Waals surface area contributed by atoms with Crippen LogP contribution in [0.3, 0.4) is 0 Å². The second-order valence-corrected chi connectivity index (χ2v) is 8.01. The monoisotopic (exact) mass is 364 g/mol. The highest BCUT2D eigenvalue weighted by Crippen LogP contribution is 2.63. The zero-order chi connectivity index (χ0) is 18.7. The number of carbonyl (C=O) groups is 1. The molecule has 2 N–H and O–H groups in total. The molecule has 3 aliphatic rings. The fourth-order valence-corrected chi connectivity index (χ4v) is 5.75. The molecule has 0 aromatic heterocycles. The summed E-state index contributed by atoms with van der Waals surface area (Å²) in [6.45, 7) is 0. The van der Waals surface area contributed by atoms with Gasteiger partial charge in [-0.25, -0.2) is 4.79 Å². The van der Waals surface area contributed by atoms with Gasteiger partial charge in [0.25, 0.3) is 5.69 Å². The molecule has 1 aliphatic heterocycles. The predicted octanol–water partition coefficient (Wildman–Crippen LogP) is 4.59. The van der Waals surface area contributed by atoms with Crippen LogP contribution in [0, 0.1) is 27.9 Å². The van der Waals surface area contributed by atoms with Crippen molar-refractivity contribution in [2.45, 2.75) is 31.2 Å². The zero-order valence-electron chi connectivity index (χ0n) is 14.7. The third-order valence-corrected chi connectivity index (χ3v) is 6.80. The van der Waals surface area contributed by atoms with Gasteiger partial charge in [-0.15, -0.1) is 0 Å². The minimum atomic E-state index is -0.923. The van der Waals surface area contributed by atoms with Crippen LogP contribution in [0.2, 0.25) is 0 Å². The Balaban J connectivity index is 1.58. The molecule has 2 aliphatic carbocycles. The zero-order valence-corrected chi connectivity index (χ0v) is 14.7. The number of nitro groups is 1. The molecule has 0 spiro atoms. The van der Waals surface area contributed by atoms with E-state index in [1.165, 1.54) is 19.3 Å². The van der Waals surface area contributed by atoms with Crippen LogP contribution in [0.4, 0.5) is 11.4 Å². The number of nitrogens with one attached hydrogen (secondary N) is 1. The van der Waals surface area contributed by atoms with Crippen molar-refractivity contribution in [3.63, 3.8) is 0 Å². The van der Waals surface area contributed by atoms with Crippen molar-refractivity contribution in [1.29, 1.82) is 0 Å². The van der Waals surface area contributed by atoms with Crippen molar-refractivity contribution < 1.29 is 14.8 Å². The van der Waals surface area contributed by atoms with Gasteiger partial charge in [-0.05, 0) is 72.3 Å². The van der Waals surface area contributed by atoms with Crippen molar-refractivity contribution in [2.75, 3.05) is 5.32 Å². The maximum Gasteiger partial charge on any atom is 0.335 e. The van der Waals surface area contributed by atoms with Crippen molar-refractivity contribution in [2.24, 2.45) is 17.8 Å². The number of rotatable bonds is 3. The molecule has 0 unspecified atom stereocenters. The molecule has 138 valence electrons. The Morgan fingerprint density at radius 2 is 1.85 bits per heavy atom. The van der Waals surface area contributed by atoms with E-state index in [4.69, 9.17) is 5.11 Å². The summed E-state index contributed by atoms with van der Waals surface area (Å²) in [6.07, 6.45) is 3.59. The van der Waals surface area contributed by atoms with E-state index in [1.807, 2.05) is 18.2 Å². The van der Waals surface area contributed by atoms with Crippen molar-refractivity contribution in [3.05, 3.63) is 69.3 Å². The highest BCUT2D eigenvalue weighted by Gasteiger charge is 2.54. The lowest BCUT2D eigenvalue weighted by atomic mass is 9.68. The molecule has 5 atom stereocenters. The first kappa shape index (κ1) is 16.3. The Morgan fingerprint density at radius 3 is 2.56 bits per heavy atom. The van der Waals surface area contributed by atoms with Gasteiger partial charge in [-0.2, -0.15) is 0 Å². The number of hydrogen-bond donors (Lipinski definition) is 2.